The van der Waals surface area contributed by atoms with E-state index in [1.54, 1.807) is 12.1 Å². The Balaban J connectivity index is 1.71. The molecule has 2 aromatic carbocycles. The summed E-state index contributed by atoms with van der Waals surface area (Å²) >= 11 is 6.04. The fourth-order valence-electron chi connectivity index (χ4n) is 2.72. The standard InChI is InChI=1S/C20H13ClF2N4O3S/c21-13-7-12-5-6-30-19(12)17(8-13)31(28,29)27-16-4-3-15(22)14(18(16)23)2-1-11-9-25-20(24)26-10-11/h3-10,27-29H,(H2,24,25,26). The van der Waals surface area contributed by atoms with Crippen molar-refractivity contribution >= 4 is 45.0 Å². The highest BCUT2D eigenvalue weighted by molar-refractivity contribution is 8.25. The minimum Gasteiger partial charge on any atom is -0.462 e. The fraction of sp³-hybridized carbons (Fsp3) is 0. The molecule has 11 heteroatoms. The van der Waals surface area contributed by atoms with Crippen LogP contribution in [0.15, 0.2) is 58.3 Å². The number of aromatic nitrogens is 2. The quantitative estimate of drug-likeness (QED) is 0.306. The maximum absolute atomic E-state index is 15.0. The van der Waals surface area contributed by atoms with Crippen molar-refractivity contribution < 1.29 is 22.3 Å². The monoisotopic (exact) mass is 462 g/mol. The number of nitrogen functional groups attached to an aromatic ring is 1. The maximum atomic E-state index is 15.0. The third-order valence-corrected chi connectivity index (χ3v) is 5.77. The summed E-state index contributed by atoms with van der Waals surface area (Å²) in [6, 6.07) is 6.43. The molecule has 31 heavy (non-hydrogen) atoms. The first-order valence-corrected chi connectivity index (χ1v) is 10.5. The average molecular weight is 463 g/mol. The van der Waals surface area contributed by atoms with E-state index in [1.165, 1.54) is 24.7 Å². The Morgan fingerprint density at radius 3 is 2.58 bits per heavy atom. The van der Waals surface area contributed by atoms with Gasteiger partial charge in [-0.25, -0.2) is 18.7 Å². The number of rotatable bonds is 3. The highest BCUT2D eigenvalue weighted by atomic mass is 35.5. The molecule has 0 radical (unpaired) electrons. The topological polar surface area (TPSA) is 117 Å². The summed E-state index contributed by atoms with van der Waals surface area (Å²) in [4.78, 5) is 7.42. The average Bonchev–Trinajstić information content (AvgIpc) is 3.19. The summed E-state index contributed by atoms with van der Waals surface area (Å²) in [5.41, 5.74) is 4.89. The van der Waals surface area contributed by atoms with E-state index in [-0.39, 0.29) is 32.7 Å². The normalized spacial score (nSPS) is 11.8. The van der Waals surface area contributed by atoms with Crippen molar-refractivity contribution in [3.8, 4) is 11.8 Å². The third kappa shape index (κ3) is 4.26. The van der Waals surface area contributed by atoms with Gasteiger partial charge in [0.1, 0.15) is 10.7 Å². The second-order valence-corrected chi connectivity index (χ2v) is 8.44. The number of hydrogen-bond acceptors (Lipinski definition) is 7. The van der Waals surface area contributed by atoms with E-state index in [0.29, 0.717) is 5.39 Å². The van der Waals surface area contributed by atoms with Gasteiger partial charge in [-0.05, 0) is 30.3 Å². The van der Waals surface area contributed by atoms with Crippen LogP contribution < -0.4 is 10.5 Å². The van der Waals surface area contributed by atoms with Gasteiger partial charge in [0.05, 0.1) is 23.1 Å². The van der Waals surface area contributed by atoms with Crippen LogP contribution in [0.4, 0.5) is 20.4 Å². The van der Waals surface area contributed by atoms with Gasteiger partial charge in [-0.3, -0.25) is 13.8 Å². The molecule has 0 fully saturated rings. The Morgan fingerprint density at radius 1 is 1.10 bits per heavy atom. The van der Waals surface area contributed by atoms with E-state index in [9.17, 15) is 17.9 Å². The van der Waals surface area contributed by atoms with E-state index >= 15 is 0 Å². The molecule has 0 aliphatic rings. The molecular weight excluding hydrogens is 450 g/mol. The molecule has 0 aliphatic heterocycles. The van der Waals surface area contributed by atoms with Crippen molar-refractivity contribution in [1.29, 1.82) is 0 Å². The lowest BCUT2D eigenvalue weighted by atomic mass is 10.1. The van der Waals surface area contributed by atoms with Gasteiger partial charge in [0, 0.05) is 22.8 Å². The summed E-state index contributed by atoms with van der Waals surface area (Å²) in [7, 11) is -3.83. The Labute approximate surface area is 181 Å². The zero-order valence-electron chi connectivity index (χ0n) is 15.4. The summed E-state index contributed by atoms with van der Waals surface area (Å²) in [5, 5.41) is 0.753. The molecule has 5 N–H and O–H groups in total. The third-order valence-electron chi connectivity index (χ3n) is 4.14. The molecule has 0 amide bonds. The van der Waals surface area contributed by atoms with Crippen molar-refractivity contribution in [2.75, 3.05) is 10.5 Å². The van der Waals surface area contributed by atoms with Gasteiger partial charge >= 0.3 is 0 Å². The van der Waals surface area contributed by atoms with E-state index in [2.05, 4.69) is 26.5 Å². The number of nitrogens with one attached hydrogen (secondary N) is 1. The highest BCUT2D eigenvalue weighted by Gasteiger charge is 2.24. The van der Waals surface area contributed by atoms with Crippen molar-refractivity contribution in [3.63, 3.8) is 0 Å². The number of anilines is 2. The van der Waals surface area contributed by atoms with Gasteiger partial charge in [-0.2, -0.15) is 0 Å². The van der Waals surface area contributed by atoms with E-state index in [4.69, 9.17) is 21.8 Å². The molecule has 2 aromatic heterocycles. The number of halogens is 3. The van der Waals surface area contributed by atoms with Crippen LogP contribution in [0, 0.1) is 23.5 Å². The summed E-state index contributed by atoms with van der Waals surface area (Å²) < 4.78 is 58.1. The highest BCUT2D eigenvalue weighted by Crippen LogP contribution is 2.52. The van der Waals surface area contributed by atoms with Gasteiger partial charge in [-0.1, -0.05) is 34.2 Å². The molecule has 4 rings (SSSR count). The molecule has 0 spiro atoms. The molecule has 0 bridgehead atoms. The van der Waals surface area contributed by atoms with Crippen LogP contribution in [0.3, 0.4) is 0 Å². The molecule has 0 saturated heterocycles. The van der Waals surface area contributed by atoms with Gasteiger partial charge in [0.15, 0.2) is 11.4 Å². The predicted octanol–water partition coefficient (Wildman–Crippen LogP) is 5.27. The molecule has 0 atom stereocenters. The van der Waals surface area contributed by atoms with Crippen LogP contribution >= 0.6 is 22.4 Å². The number of furan rings is 1. The first kappa shape index (κ1) is 20.9. The number of nitrogens with two attached hydrogens (primary N) is 1. The Kier molecular flexibility index (Phi) is 5.43. The smallest absolute Gasteiger partial charge is 0.219 e. The summed E-state index contributed by atoms with van der Waals surface area (Å²) in [6.45, 7) is 0. The van der Waals surface area contributed by atoms with E-state index in [0.717, 1.165) is 12.1 Å². The minimum absolute atomic E-state index is 0.0333. The Morgan fingerprint density at radius 2 is 1.84 bits per heavy atom. The fourth-order valence-corrected chi connectivity index (χ4v) is 4.30. The van der Waals surface area contributed by atoms with Crippen molar-refractivity contribution in [2.45, 2.75) is 4.90 Å². The second-order valence-electron chi connectivity index (χ2n) is 6.26. The number of nitrogens with zero attached hydrogens (tertiary/aromatic N) is 2. The molecule has 2 heterocycles. The lowest BCUT2D eigenvalue weighted by Crippen LogP contribution is -2.12. The molecule has 0 unspecified atom stereocenters. The zero-order valence-corrected chi connectivity index (χ0v) is 17.0. The Hall–Kier alpha value is -3.36. The van der Waals surface area contributed by atoms with Gasteiger partial charge < -0.3 is 10.2 Å². The van der Waals surface area contributed by atoms with Gasteiger partial charge in [-0.15, -0.1) is 0 Å². The van der Waals surface area contributed by atoms with E-state index < -0.39 is 28.0 Å². The number of fused-ring (bicyclic) bond motifs is 1. The largest absolute Gasteiger partial charge is 0.462 e. The van der Waals surface area contributed by atoms with Crippen molar-refractivity contribution in [2.24, 2.45) is 0 Å². The first-order valence-electron chi connectivity index (χ1n) is 8.55. The molecule has 7 nitrogen and oxygen atoms in total. The predicted molar refractivity (Wildman–Crippen MR) is 115 cm³/mol. The number of hydrogen-bond donors (Lipinski definition) is 4. The molecule has 0 saturated carbocycles. The first-order chi connectivity index (χ1) is 14.7. The van der Waals surface area contributed by atoms with Crippen LogP contribution in [-0.2, 0) is 0 Å². The van der Waals surface area contributed by atoms with E-state index in [1.807, 2.05) is 0 Å². The molecule has 158 valence electrons. The SMILES string of the molecule is Nc1ncc(C#Cc2c(F)ccc(NS(O)(O)c3cc(Cl)cc4ccoc34)c2F)cn1. The molecular formula is C20H13ClF2N4O3S. The van der Waals surface area contributed by atoms with Crippen LogP contribution in [0.5, 0.6) is 0 Å². The van der Waals surface area contributed by atoms with Crippen LogP contribution in [0.2, 0.25) is 5.02 Å². The summed E-state index contributed by atoms with van der Waals surface area (Å²) in [5.74, 6) is 2.89. The van der Waals surface area contributed by atoms with Gasteiger partial charge in [0.2, 0.25) is 5.95 Å². The van der Waals surface area contributed by atoms with Gasteiger partial charge in [0.25, 0.3) is 0 Å². The number of benzene rings is 2. The van der Waals surface area contributed by atoms with Crippen molar-refractivity contribution in [3.05, 3.63) is 76.8 Å². The molecule has 0 aliphatic carbocycles. The lowest BCUT2D eigenvalue weighted by Gasteiger charge is -2.34. The Bertz CT molecular complexity index is 1350. The van der Waals surface area contributed by atoms with Crippen molar-refractivity contribution in [1.82, 2.24) is 9.97 Å². The lowest BCUT2D eigenvalue weighted by molar-refractivity contribution is 0.491. The molecule has 4 aromatic rings. The van der Waals surface area contributed by atoms with Crippen LogP contribution in [0.25, 0.3) is 11.0 Å². The summed E-state index contributed by atoms with van der Waals surface area (Å²) in [6.07, 6.45) is 3.96. The maximum Gasteiger partial charge on any atom is 0.219 e. The van der Waals surface area contributed by atoms with Crippen LogP contribution in [0.1, 0.15) is 11.1 Å². The second kappa shape index (κ2) is 8.05. The van der Waals surface area contributed by atoms with Crippen LogP contribution in [-0.4, -0.2) is 19.1 Å². The minimum atomic E-state index is -3.83. The zero-order chi connectivity index (χ0) is 22.2.